The van der Waals surface area contributed by atoms with Crippen LogP contribution in [-0.2, 0) is 19.1 Å². The van der Waals surface area contributed by atoms with Crippen LogP contribution in [0.3, 0.4) is 0 Å². The molecule has 18 heavy (non-hydrogen) atoms. The van der Waals surface area contributed by atoms with E-state index in [1.165, 1.54) is 7.11 Å². The Bertz CT molecular complexity index is 293. The second-order valence-corrected chi connectivity index (χ2v) is 4.17. The van der Waals surface area contributed by atoms with E-state index in [-0.39, 0.29) is 31.2 Å². The highest BCUT2D eigenvalue weighted by Crippen LogP contribution is 2.06. The summed E-state index contributed by atoms with van der Waals surface area (Å²) in [7, 11) is 1.25. The van der Waals surface area contributed by atoms with E-state index in [0.717, 1.165) is 0 Å². The molecule has 6 nitrogen and oxygen atoms in total. The average molecular weight is 282 g/mol. The number of carbonyl (C=O) groups excluding carboxylic acids is 2. The Balaban J connectivity index is 0. The number of rotatable bonds is 7. The van der Waals surface area contributed by atoms with Crippen molar-refractivity contribution in [2.24, 2.45) is 5.92 Å². The first-order valence-corrected chi connectivity index (χ1v) is 5.45. The van der Waals surface area contributed by atoms with E-state index < -0.39 is 23.9 Å². The van der Waals surface area contributed by atoms with Gasteiger partial charge in [0.05, 0.1) is 13.5 Å². The molecule has 0 aromatic heterocycles. The van der Waals surface area contributed by atoms with Gasteiger partial charge in [0.25, 0.3) is 0 Å². The zero-order chi connectivity index (χ0) is 13.4. The molecule has 7 heteroatoms. The maximum absolute atomic E-state index is 11.4. The van der Waals surface area contributed by atoms with Crippen molar-refractivity contribution in [3.05, 3.63) is 0 Å². The van der Waals surface area contributed by atoms with Crippen molar-refractivity contribution in [3.63, 3.8) is 0 Å². The molecule has 0 unspecified atom stereocenters. The fourth-order valence-electron chi connectivity index (χ4n) is 1.31. The third-order valence-corrected chi connectivity index (χ3v) is 2.09. The Morgan fingerprint density at radius 1 is 1.22 bits per heavy atom. The molecule has 0 bridgehead atoms. The number of methoxy groups -OCH3 is 1. The summed E-state index contributed by atoms with van der Waals surface area (Å²) < 4.78 is 4.57. The molecule has 0 aliphatic carbocycles. The Labute approximate surface area is 112 Å². The number of halogens is 1. The number of carboxylic acids is 1. The summed E-state index contributed by atoms with van der Waals surface area (Å²) in [5.74, 6) is -1.79. The molecule has 0 rings (SSSR count). The summed E-state index contributed by atoms with van der Waals surface area (Å²) in [6.07, 6.45) is 0.0772. The second kappa shape index (κ2) is 9.70. The van der Waals surface area contributed by atoms with Crippen molar-refractivity contribution < 1.29 is 24.2 Å². The van der Waals surface area contributed by atoms with Crippen molar-refractivity contribution in [2.45, 2.75) is 39.2 Å². The van der Waals surface area contributed by atoms with Crippen LogP contribution in [-0.4, -0.2) is 36.1 Å². The molecule has 0 aromatic rings. The van der Waals surface area contributed by atoms with Crippen LogP contribution >= 0.6 is 12.4 Å². The Hall–Kier alpha value is -1.30. The molecule has 0 aliphatic heterocycles. The Morgan fingerprint density at radius 3 is 2.17 bits per heavy atom. The maximum Gasteiger partial charge on any atom is 0.328 e. The molecule has 1 amide bonds. The van der Waals surface area contributed by atoms with E-state index >= 15 is 0 Å². The minimum Gasteiger partial charge on any atom is -0.481 e. The molecule has 0 aromatic carbocycles. The standard InChI is InChI=1S/C11H19NO5.ClH/c1-7(2)6-8(11(16)17-3)12-9(13)4-5-10(14)15;/h7-8H,4-6H2,1-3H3,(H,12,13)(H,14,15);1H/t8-;/m0./s1. The van der Waals surface area contributed by atoms with Gasteiger partial charge in [0.1, 0.15) is 6.04 Å². The zero-order valence-electron chi connectivity index (χ0n) is 10.8. The Kier molecular flexibility index (Phi) is 10.3. The van der Waals surface area contributed by atoms with E-state index in [0.29, 0.717) is 6.42 Å². The highest BCUT2D eigenvalue weighted by molar-refractivity contribution is 5.86. The number of ether oxygens (including phenoxy) is 1. The number of aliphatic carboxylic acids is 1. The summed E-state index contributed by atoms with van der Waals surface area (Å²) >= 11 is 0. The van der Waals surface area contributed by atoms with Crippen LogP contribution < -0.4 is 5.32 Å². The van der Waals surface area contributed by atoms with Gasteiger partial charge in [0.2, 0.25) is 5.91 Å². The van der Waals surface area contributed by atoms with E-state index in [1.807, 2.05) is 13.8 Å². The van der Waals surface area contributed by atoms with Gasteiger partial charge in [0, 0.05) is 6.42 Å². The van der Waals surface area contributed by atoms with Gasteiger partial charge in [-0.05, 0) is 12.3 Å². The summed E-state index contributed by atoms with van der Waals surface area (Å²) in [4.78, 5) is 33.0. The quantitative estimate of drug-likeness (QED) is 0.679. The molecule has 0 saturated carbocycles. The summed E-state index contributed by atoms with van der Waals surface area (Å²) in [6, 6.07) is -0.707. The minimum atomic E-state index is -1.04. The lowest BCUT2D eigenvalue weighted by atomic mass is 10.0. The highest BCUT2D eigenvalue weighted by atomic mass is 35.5. The molecular weight excluding hydrogens is 262 g/mol. The molecular formula is C11H20ClNO5. The van der Waals surface area contributed by atoms with Crippen LogP contribution in [0.5, 0.6) is 0 Å². The summed E-state index contributed by atoms with van der Waals surface area (Å²) in [6.45, 7) is 3.83. The summed E-state index contributed by atoms with van der Waals surface area (Å²) in [5.41, 5.74) is 0. The first-order chi connectivity index (χ1) is 7.86. The molecule has 0 heterocycles. The van der Waals surface area contributed by atoms with Gasteiger partial charge >= 0.3 is 11.9 Å². The molecule has 106 valence electrons. The second-order valence-electron chi connectivity index (χ2n) is 4.17. The van der Waals surface area contributed by atoms with Crippen molar-refractivity contribution in [1.29, 1.82) is 0 Å². The van der Waals surface area contributed by atoms with Crippen molar-refractivity contribution >= 4 is 30.3 Å². The van der Waals surface area contributed by atoms with Crippen LogP contribution in [0, 0.1) is 5.92 Å². The number of hydrogen-bond donors (Lipinski definition) is 2. The number of esters is 1. The monoisotopic (exact) mass is 281 g/mol. The van der Waals surface area contributed by atoms with Crippen molar-refractivity contribution in [2.75, 3.05) is 7.11 Å². The van der Waals surface area contributed by atoms with Crippen molar-refractivity contribution in [1.82, 2.24) is 5.32 Å². The number of amides is 1. The predicted octanol–water partition coefficient (Wildman–Crippen LogP) is 0.977. The van der Waals surface area contributed by atoms with Gasteiger partial charge in [-0.2, -0.15) is 0 Å². The fraction of sp³-hybridized carbons (Fsp3) is 0.727. The van der Waals surface area contributed by atoms with E-state index in [2.05, 4.69) is 10.1 Å². The smallest absolute Gasteiger partial charge is 0.328 e. The lowest BCUT2D eigenvalue weighted by molar-refractivity contribution is -0.145. The predicted molar refractivity (Wildman–Crippen MR) is 67.5 cm³/mol. The van der Waals surface area contributed by atoms with Crippen LogP contribution in [0.25, 0.3) is 0 Å². The largest absolute Gasteiger partial charge is 0.481 e. The van der Waals surface area contributed by atoms with E-state index in [9.17, 15) is 14.4 Å². The van der Waals surface area contributed by atoms with E-state index in [1.54, 1.807) is 0 Å². The van der Waals surface area contributed by atoms with Crippen molar-refractivity contribution in [3.8, 4) is 0 Å². The van der Waals surface area contributed by atoms with Gasteiger partial charge in [-0.25, -0.2) is 4.79 Å². The molecule has 1 atom stereocenters. The molecule has 0 radical (unpaired) electrons. The SMILES string of the molecule is COC(=O)[C@H](CC(C)C)NC(=O)CCC(=O)O.Cl. The fourth-order valence-corrected chi connectivity index (χ4v) is 1.31. The highest BCUT2D eigenvalue weighted by Gasteiger charge is 2.22. The van der Waals surface area contributed by atoms with E-state index in [4.69, 9.17) is 5.11 Å². The van der Waals surface area contributed by atoms with Gasteiger partial charge in [0.15, 0.2) is 0 Å². The van der Waals surface area contributed by atoms with Crippen LogP contribution in [0.2, 0.25) is 0 Å². The molecule has 0 aliphatic rings. The zero-order valence-corrected chi connectivity index (χ0v) is 11.6. The molecule has 0 fully saturated rings. The maximum atomic E-state index is 11.4. The third kappa shape index (κ3) is 8.81. The van der Waals surface area contributed by atoms with Crippen LogP contribution in [0.1, 0.15) is 33.1 Å². The first-order valence-electron chi connectivity index (χ1n) is 5.45. The molecule has 2 N–H and O–H groups in total. The number of carbonyl (C=O) groups is 3. The van der Waals surface area contributed by atoms with Gasteiger partial charge in [-0.15, -0.1) is 12.4 Å². The lowest BCUT2D eigenvalue weighted by Crippen LogP contribution is -2.42. The Morgan fingerprint density at radius 2 is 1.78 bits per heavy atom. The molecule has 0 saturated heterocycles. The lowest BCUT2D eigenvalue weighted by Gasteiger charge is -2.18. The van der Waals surface area contributed by atoms with Gasteiger partial charge in [-0.3, -0.25) is 9.59 Å². The number of hydrogen-bond acceptors (Lipinski definition) is 4. The molecule has 0 spiro atoms. The number of nitrogens with one attached hydrogen (secondary N) is 1. The van der Waals surface area contributed by atoms with Gasteiger partial charge < -0.3 is 15.2 Å². The third-order valence-electron chi connectivity index (χ3n) is 2.09. The summed E-state index contributed by atoms with van der Waals surface area (Å²) in [5, 5.41) is 10.9. The first kappa shape index (κ1) is 19.0. The van der Waals surface area contributed by atoms with Gasteiger partial charge in [-0.1, -0.05) is 13.8 Å². The average Bonchev–Trinajstić information content (AvgIpc) is 2.23. The minimum absolute atomic E-state index is 0. The number of carboxylic acid groups (broad SMARTS) is 1. The van der Waals surface area contributed by atoms with Crippen LogP contribution in [0.15, 0.2) is 0 Å². The van der Waals surface area contributed by atoms with Crippen LogP contribution in [0.4, 0.5) is 0 Å². The normalized spacial score (nSPS) is 11.3. The topological polar surface area (TPSA) is 92.7 Å².